The van der Waals surface area contributed by atoms with E-state index in [-0.39, 0.29) is 18.7 Å². The van der Waals surface area contributed by atoms with E-state index < -0.39 is 0 Å². The second-order valence-electron chi connectivity index (χ2n) is 5.49. The minimum Gasteiger partial charge on any atom is -0.394 e. The van der Waals surface area contributed by atoms with Crippen LogP contribution in [0.2, 0.25) is 0 Å². The highest BCUT2D eigenvalue weighted by molar-refractivity contribution is 5.76. The number of aliphatic hydroxyl groups excluding tert-OH is 1. The van der Waals surface area contributed by atoms with Crippen molar-refractivity contribution in [1.29, 1.82) is 0 Å². The summed E-state index contributed by atoms with van der Waals surface area (Å²) in [4.78, 5) is 16.4. The summed E-state index contributed by atoms with van der Waals surface area (Å²) in [5.74, 6) is 0. The second kappa shape index (κ2) is 5.25. The van der Waals surface area contributed by atoms with Gasteiger partial charge in [-0.2, -0.15) is 0 Å². The third kappa shape index (κ3) is 2.41. The molecule has 2 heterocycles. The summed E-state index contributed by atoms with van der Waals surface area (Å²) in [7, 11) is 0. The Balaban J connectivity index is 2.07. The quantitative estimate of drug-likeness (QED) is 0.760. The molecule has 2 saturated heterocycles. The fourth-order valence-electron chi connectivity index (χ4n) is 3.22. The monoisotopic (exact) mass is 240 g/mol. The topological polar surface area (TPSA) is 43.8 Å². The molecule has 0 spiro atoms. The van der Waals surface area contributed by atoms with Crippen LogP contribution in [0.5, 0.6) is 0 Å². The van der Waals surface area contributed by atoms with Gasteiger partial charge in [0.25, 0.3) is 0 Å². The number of nitrogens with zero attached hydrogens (tertiary/aromatic N) is 2. The third-order valence-electron chi connectivity index (χ3n) is 4.25. The zero-order chi connectivity index (χ0) is 12.4. The molecule has 0 bridgehead atoms. The molecule has 0 radical (unpaired) electrons. The van der Waals surface area contributed by atoms with E-state index in [1.807, 2.05) is 9.80 Å². The lowest BCUT2D eigenvalue weighted by Crippen LogP contribution is -2.54. The Bertz CT molecular complexity index is 273. The summed E-state index contributed by atoms with van der Waals surface area (Å²) >= 11 is 0. The Kier molecular flexibility index (Phi) is 3.92. The number of hydrogen-bond acceptors (Lipinski definition) is 2. The maximum Gasteiger partial charge on any atom is 0.320 e. The molecule has 4 heteroatoms. The van der Waals surface area contributed by atoms with Crippen LogP contribution < -0.4 is 0 Å². The van der Waals surface area contributed by atoms with E-state index in [9.17, 15) is 9.90 Å². The van der Waals surface area contributed by atoms with Crippen LogP contribution in [0.25, 0.3) is 0 Å². The maximum atomic E-state index is 12.5. The fraction of sp³-hybridized carbons (Fsp3) is 0.923. The van der Waals surface area contributed by atoms with Gasteiger partial charge in [0.05, 0.1) is 12.6 Å². The molecule has 1 N–H and O–H groups in total. The number of rotatable bonds is 1. The fourth-order valence-corrected chi connectivity index (χ4v) is 3.22. The summed E-state index contributed by atoms with van der Waals surface area (Å²) < 4.78 is 0. The first-order valence-electron chi connectivity index (χ1n) is 6.85. The SMILES string of the molecule is CC1CCCC(C)N1C(=O)N1CCC[C@@H]1CO. The van der Waals surface area contributed by atoms with E-state index in [2.05, 4.69) is 13.8 Å². The Morgan fingerprint density at radius 3 is 2.41 bits per heavy atom. The minimum absolute atomic E-state index is 0.0452. The summed E-state index contributed by atoms with van der Waals surface area (Å²) in [5, 5.41) is 9.30. The molecule has 4 nitrogen and oxygen atoms in total. The van der Waals surface area contributed by atoms with E-state index in [1.165, 1.54) is 6.42 Å². The molecule has 2 aliphatic heterocycles. The Labute approximate surface area is 104 Å². The summed E-state index contributed by atoms with van der Waals surface area (Å²) in [5.41, 5.74) is 0. The highest BCUT2D eigenvalue weighted by Gasteiger charge is 2.36. The van der Waals surface area contributed by atoms with Crippen molar-refractivity contribution in [3.63, 3.8) is 0 Å². The molecule has 0 saturated carbocycles. The zero-order valence-electron chi connectivity index (χ0n) is 10.9. The molecule has 2 fully saturated rings. The van der Waals surface area contributed by atoms with Crippen LogP contribution in [0.1, 0.15) is 46.0 Å². The van der Waals surface area contributed by atoms with Gasteiger partial charge in [0, 0.05) is 18.6 Å². The van der Waals surface area contributed by atoms with E-state index >= 15 is 0 Å². The van der Waals surface area contributed by atoms with Gasteiger partial charge in [-0.25, -0.2) is 4.79 Å². The molecule has 0 aromatic rings. The molecule has 0 aromatic heterocycles. The maximum absolute atomic E-state index is 12.5. The van der Waals surface area contributed by atoms with Crippen molar-refractivity contribution in [2.45, 2.75) is 64.1 Å². The van der Waals surface area contributed by atoms with Crippen molar-refractivity contribution in [2.75, 3.05) is 13.2 Å². The summed E-state index contributed by atoms with van der Waals surface area (Å²) in [6, 6.07) is 0.863. The normalized spacial score (nSPS) is 34.2. The molecule has 2 unspecified atom stereocenters. The van der Waals surface area contributed by atoms with Crippen LogP contribution in [-0.4, -0.2) is 52.2 Å². The molecule has 0 aliphatic carbocycles. The number of aliphatic hydroxyl groups is 1. The van der Waals surface area contributed by atoms with Gasteiger partial charge in [0.15, 0.2) is 0 Å². The number of urea groups is 1. The molecule has 2 aliphatic rings. The van der Waals surface area contributed by atoms with Crippen molar-refractivity contribution in [3.8, 4) is 0 Å². The average molecular weight is 240 g/mol. The molecule has 2 rings (SSSR count). The third-order valence-corrected chi connectivity index (χ3v) is 4.25. The first-order valence-corrected chi connectivity index (χ1v) is 6.85. The van der Waals surface area contributed by atoms with Gasteiger partial charge in [-0.15, -0.1) is 0 Å². The van der Waals surface area contributed by atoms with Gasteiger partial charge in [0.2, 0.25) is 0 Å². The van der Waals surface area contributed by atoms with Crippen molar-refractivity contribution in [1.82, 2.24) is 9.80 Å². The van der Waals surface area contributed by atoms with Gasteiger partial charge in [-0.05, 0) is 46.0 Å². The number of carbonyl (C=O) groups excluding carboxylic acids is 1. The van der Waals surface area contributed by atoms with Gasteiger partial charge in [-0.3, -0.25) is 0 Å². The smallest absolute Gasteiger partial charge is 0.320 e. The summed E-state index contributed by atoms with van der Waals surface area (Å²) in [6.07, 6.45) is 5.39. The Morgan fingerprint density at radius 2 is 1.82 bits per heavy atom. The first-order chi connectivity index (χ1) is 8.15. The highest BCUT2D eigenvalue weighted by Crippen LogP contribution is 2.27. The van der Waals surface area contributed by atoms with Crippen molar-refractivity contribution >= 4 is 6.03 Å². The molecular weight excluding hydrogens is 216 g/mol. The van der Waals surface area contributed by atoms with Crippen LogP contribution in [0, 0.1) is 0 Å². The predicted molar refractivity (Wildman–Crippen MR) is 66.8 cm³/mol. The molecular formula is C13H24N2O2. The van der Waals surface area contributed by atoms with Gasteiger partial charge < -0.3 is 14.9 Å². The largest absolute Gasteiger partial charge is 0.394 e. The van der Waals surface area contributed by atoms with Crippen LogP contribution in [-0.2, 0) is 0 Å². The van der Waals surface area contributed by atoms with Crippen LogP contribution in [0.3, 0.4) is 0 Å². The lowest BCUT2D eigenvalue weighted by atomic mass is 9.98. The summed E-state index contributed by atoms with van der Waals surface area (Å²) in [6.45, 7) is 5.18. The number of hydrogen-bond donors (Lipinski definition) is 1. The number of carbonyl (C=O) groups is 1. The van der Waals surface area contributed by atoms with E-state index in [0.717, 1.165) is 32.2 Å². The highest BCUT2D eigenvalue weighted by atomic mass is 16.3. The van der Waals surface area contributed by atoms with E-state index in [4.69, 9.17) is 0 Å². The van der Waals surface area contributed by atoms with Crippen LogP contribution in [0.15, 0.2) is 0 Å². The van der Waals surface area contributed by atoms with E-state index in [1.54, 1.807) is 0 Å². The molecule has 98 valence electrons. The molecule has 3 atom stereocenters. The number of likely N-dealkylation sites (tertiary alicyclic amines) is 2. The van der Waals surface area contributed by atoms with Gasteiger partial charge in [-0.1, -0.05) is 0 Å². The standard InChI is InChI=1S/C13H24N2O2/c1-10-5-3-6-11(2)15(10)13(17)14-8-4-7-12(14)9-16/h10-12,16H,3-9H2,1-2H3/t10?,11?,12-/m1/s1. The second-order valence-corrected chi connectivity index (χ2v) is 5.49. The number of piperidine rings is 1. The van der Waals surface area contributed by atoms with Crippen LogP contribution >= 0.6 is 0 Å². The lowest BCUT2D eigenvalue weighted by molar-refractivity contribution is 0.0793. The van der Waals surface area contributed by atoms with Gasteiger partial charge in [0.1, 0.15) is 0 Å². The molecule has 2 amide bonds. The van der Waals surface area contributed by atoms with E-state index in [0.29, 0.717) is 12.1 Å². The molecule has 0 aromatic carbocycles. The Morgan fingerprint density at radius 1 is 1.18 bits per heavy atom. The minimum atomic E-state index is 0.0452. The van der Waals surface area contributed by atoms with Crippen LogP contribution in [0.4, 0.5) is 4.79 Å². The Hall–Kier alpha value is -0.770. The predicted octanol–water partition coefficient (Wildman–Crippen LogP) is 1.83. The van der Waals surface area contributed by atoms with Crippen molar-refractivity contribution in [3.05, 3.63) is 0 Å². The number of amides is 2. The lowest BCUT2D eigenvalue weighted by Gasteiger charge is -2.42. The molecule has 17 heavy (non-hydrogen) atoms. The van der Waals surface area contributed by atoms with Gasteiger partial charge >= 0.3 is 6.03 Å². The average Bonchev–Trinajstić information content (AvgIpc) is 2.76. The van der Waals surface area contributed by atoms with Crippen molar-refractivity contribution < 1.29 is 9.90 Å². The van der Waals surface area contributed by atoms with Crippen molar-refractivity contribution in [2.24, 2.45) is 0 Å². The zero-order valence-corrected chi connectivity index (χ0v) is 10.9. The first kappa shape index (κ1) is 12.7.